The molecule has 2 aromatic carbocycles. The summed E-state index contributed by atoms with van der Waals surface area (Å²) in [6.07, 6.45) is -0.816. The number of amides is 2. The number of nitrogens with zero attached hydrogens (tertiary/aromatic N) is 2. The van der Waals surface area contributed by atoms with Gasteiger partial charge in [0, 0.05) is 64.2 Å². The summed E-state index contributed by atoms with van der Waals surface area (Å²) in [6.45, 7) is 1.26. The summed E-state index contributed by atoms with van der Waals surface area (Å²) >= 11 is 0. The number of hydrogen-bond acceptors (Lipinski definition) is 8. The molecule has 0 atom stereocenters. The van der Waals surface area contributed by atoms with Crippen LogP contribution in [0.1, 0.15) is 16.7 Å². The Hall–Kier alpha value is -4.01. The minimum atomic E-state index is -3.98. The van der Waals surface area contributed by atoms with E-state index < -0.39 is 27.7 Å². The van der Waals surface area contributed by atoms with Crippen molar-refractivity contribution in [1.82, 2.24) is 19.8 Å². The molecule has 0 saturated carbocycles. The minimum Gasteiger partial charge on any atom is -0.422 e. The number of nitrogens with one attached hydrogen (secondary N) is 3. The largest absolute Gasteiger partial charge is 0.422 e. The van der Waals surface area contributed by atoms with Crippen LogP contribution in [0.5, 0.6) is 5.75 Å². The summed E-state index contributed by atoms with van der Waals surface area (Å²) in [7, 11) is 0.265. The second-order valence-corrected chi connectivity index (χ2v) is 10.7. The average Bonchev–Trinajstić information content (AvgIpc) is 2.88. The molecule has 208 valence electrons. The van der Waals surface area contributed by atoms with Gasteiger partial charge >= 0.3 is 11.7 Å². The highest BCUT2D eigenvalue weighted by molar-refractivity contribution is 7.90. The summed E-state index contributed by atoms with van der Waals surface area (Å²) in [5.41, 5.74) is -0.141. The summed E-state index contributed by atoms with van der Waals surface area (Å²) in [5.74, 6) is -0.843. The Morgan fingerprint density at radius 1 is 1.21 bits per heavy atom. The number of benzene rings is 2. The quantitative estimate of drug-likeness (QED) is 0.349. The maximum atomic E-state index is 15.3. The first kappa shape index (κ1) is 28.0. The minimum absolute atomic E-state index is 0.0622. The average molecular weight is 562 g/mol. The predicted molar refractivity (Wildman–Crippen MR) is 141 cm³/mol. The molecule has 14 heteroatoms. The van der Waals surface area contributed by atoms with E-state index in [0.717, 1.165) is 0 Å². The molecule has 1 aromatic heterocycles. The van der Waals surface area contributed by atoms with Gasteiger partial charge in [-0.25, -0.2) is 18.7 Å². The van der Waals surface area contributed by atoms with Crippen molar-refractivity contribution in [2.45, 2.75) is 13.0 Å². The summed E-state index contributed by atoms with van der Waals surface area (Å²) in [6, 6.07) is 8.77. The predicted octanol–water partition coefficient (Wildman–Crippen LogP) is 1.39. The van der Waals surface area contributed by atoms with Crippen LogP contribution in [0.2, 0.25) is 0 Å². The molecule has 3 aromatic rings. The second-order valence-electron chi connectivity index (χ2n) is 9.09. The zero-order chi connectivity index (χ0) is 28.3. The van der Waals surface area contributed by atoms with Crippen molar-refractivity contribution in [3.63, 3.8) is 0 Å². The molecule has 12 nitrogen and oxygen atoms in total. The fourth-order valence-corrected chi connectivity index (χ4v) is 4.68. The lowest BCUT2D eigenvalue weighted by atomic mass is 9.97. The summed E-state index contributed by atoms with van der Waals surface area (Å²) < 4.78 is 54.2. The van der Waals surface area contributed by atoms with Crippen molar-refractivity contribution in [2.24, 2.45) is 0 Å². The third-order valence-electron chi connectivity index (χ3n) is 6.12. The maximum absolute atomic E-state index is 15.3. The third kappa shape index (κ3) is 6.53. The smallest absolute Gasteiger partial charge is 0.414 e. The first-order chi connectivity index (χ1) is 18.5. The van der Waals surface area contributed by atoms with E-state index in [4.69, 9.17) is 9.15 Å². The van der Waals surface area contributed by atoms with E-state index in [1.54, 1.807) is 12.1 Å². The van der Waals surface area contributed by atoms with Gasteiger partial charge in [-0.05, 0) is 29.3 Å². The molecule has 1 fully saturated rings. The molecule has 0 aliphatic carbocycles. The molecule has 1 saturated heterocycles. The Balaban J connectivity index is 1.79. The number of rotatable bonds is 8. The molecule has 0 unspecified atom stereocenters. The van der Waals surface area contributed by atoms with Gasteiger partial charge in [0.2, 0.25) is 5.91 Å². The molecular formula is C25H28FN5O7S. The van der Waals surface area contributed by atoms with E-state index in [0.29, 0.717) is 24.0 Å². The molecule has 4 rings (SSSR count). The summed E-state index contributed by atoms with van der Waals surface area (Å²) in [5, 5.41) is 3.27. The van der Waals surface area contributed by atoms with Crippen molar-refractivity contribution >= 4 is 38.9 Å². The normalized spacial score (nSPS) is 14.2. The second kappa shape index (κ2) is 11.4. The van der Waals surface area contributed by atoms with E-state index in [9.17, 15) is 22.8 Å². The van der Waals surface area contributed by atoms with E-state index in [1.807, 2.05) is 4.90 Å². The van der Waals surface area contributed by atoms with Crippen LogP contribution in [0.3, 0.4) is 0 Å². The molecule has 1 aliphatic heterocycles. The van der Waals surface area contributed by atoms with Crippen molar-refractivity contribution in [3.05, 3.63) is 69.3 Å². The van der Waals surface area contributed by atoms with Crippen LogP contribution in [0.15, 0.2) is 45.6 Å². The highest BCUT2D eigenvalue weighted by Gasteiger charge is 2.23. The fourth-order valence-electron chi connectivity index (χ4n) is 4.13. The van der Waals surface area contributed by atoms with E-state index >= 15 is 4.39 Å². The van der Waals surface area contributed by atoms with E-state index in [-0.39, 0.29) is 53.6 Å². The fraction of sp³-hybridized carbons (Fsp3) is 0.320. The van der Waals surface area contributed by atoms with Crippen LogP contribution in [-0.4, -0.2) is 71.0 Å². The zero-order valence-electron chi connectivity index (χ0n) is 21.5. The van der Waals surface area contributed by atoms with Gasteiger partial charge in [-0.1, -0.05) is 12.1 Å². The first-order valence-electron chi connectivity index (χ1n) is 11.9. The number of anilines is 1. The highest BCUT2D eigenvalue weighted by atomic mass is 32.2. The third-order valence-corrected chi connectivity index (χ3v) is 7.15. The van der Waals surface area contributed by atoms with Crippen LogP contribution < -0.4 is 25.1 Å². The van der Waals surface area contributed by atoms with Crippen LogP contribution in [-0.2, 0) is 28.0 Å². The SMILES string of the molecule is CNS(=O)(=O)Nc1cccc(Cc2c(CN3CCNC(=O)C3)c3ccc(OC(=O)N(C)C)cc3oc2=O)c1F. The van der Waals surface area contributed by atoms with Crippen molar-refractivity contribution < 1.29 is 31.6 Å². The standard InChI is InChI=1S/C25H28FN5O7S/c1-27-39(35,36)29-20-6-4-5-15(23(20)26)11-18-19(13-31-10-9-28-22(32)14-31)17-8-7-16(37-25(34)30(2)3)12-21(17)38-24(18)33/h4-8,12,27,29H,9-11,13-14H2,1-3H3,(H,28,32). The lowest BCUT2D eigenvalue weighted by molar-refractivity contribution is -0.124. The van der Waals surface area contributed by atoms with Gasteiger partial charge in [0.25, 0.3) is 10.2 Å². The lowest BCUT2D eigenvalue weighted by Gasteiger charge is -2.27. The molecule has 0 radical (unpaired) electrons. The molecule has 2 heterocycles. The van der Waals surface area contributed by atoms with E-state index in [2.05, 4.69) is 14.8 Å². The topological polar surface area (TPSA) is 150 Å². The Morgan fingerprint density at radius 3 is 2.67 bits per heavy atom. The van der Waals surface area contributed by atoms with Crippen molar-refractivity contribution in [1.29, 1.82) is 0 Å². The molecule has 3 N–H and O–H groups in total. The number of halogens is 1. The van der Waals surface area contributed by atoms with Gasteiger partial charge in [-0.2, -0.15) is 8.42 Å². The Labute approximate surface area is 223 Å². The lowest BCUT2D eigenvalue weighted by Crippen LogP contribution is -2.47. The molecular weight excluding hydrogens is 533 g/mol. The Morgan fingerprint density at radius 2 is 1.97 bits per heavy atom. The monoisotopic (exact) mass is 561 g/mol. The Kier molecular flexibility index (Phi) is 8.18. The van der Waals surface area contributed by atoms with Crippen molar-refractivity contribution in [3.8, 4) is 5.75 Å². The number of fused-ring (bicyclic) bond motifs is 1. The van der Waals surface area contributed by atoms with Crippen LogP contribution in [0.25, 0.3) is 11.0 Å². The number of piperazine rings is 1. The van der Waals surface area contributed by atoms with Gasteiger partial charge in [-0.3, -0.25) is 14.4 Å². The highest BCUT2D eigenvalue weighted by Crippen LogP contribution is 2.29. The first-order valence-corrected chi connectivity index (χ1v) is 13.4. The van der Waals surface area contributed by atoms with Crippen LogP contribution >= 0.6 is 0 Å². The maximum Gasteiger partial charge on any atom is 0.414 e. The Bertz CT molecular complexity index is 1590. The number of carbonyl (C=O) groups excluding carboxylic acids is 2. The van der Waals surface area contributed by atoms with Gasteiger partial charge in [-0.15, -0.1) is 0 Å². The van der Waals surface area contributed by atoms with Gasteiger partial charge in [0.15, 0.2) is 5.82 Å². The van der Waals surface area contributed by atoms with Gasteiger partial charge in [0.1, 0.15) is 11.3 Å². The molecule has 39 heavy (non-hydrogen) atoms. The number of hydrogen-bond donors (Lipinski definition) is 3. The van der Waals surface area contributed by atoms with E-state index in [1.165, 1.54) is 50.3 Å². The molecule has 2 amide bonds. The zero-order valence-corrected chi connectivity index (χ0v) is 22.4. The number of ether oxygens (including phenoxy) is 1. The number of carbonyl (C=O) groups is 2. The van der Waals surface area contributed by atoms with Crippen molar-refractivity contribution in [2.75, 3.05) is 45.5 Å². The van der Waals surface area contributed by atoms with Crippen LogP contribution in [0.4, 0.5) is 14.9 Å². The van der Waals surface area contributed by atoms with Crippen LogP contribution in [0, 0.1) is 5.82 Å². The van der Waals surface area contributed by atoms with Gasteiger partial charge < -0.3 is 19.4 Å². The molecule has 0 bridgehead atoms. The molecule has 1 aliphatic rings. The summed E-state index contributed by atoms with van der Waals surface area (Å²) in [4.78, 5) is 40.3. The molecule has 0 spiro atoms. The van der Waals surface area contributed by atoms with Gasteiger partial charge in [0.05, 0.1) is 12.2 Å².